The molecule has 0 saturated heterocycles. The summed E-state index contributed by atoms with van der Waals surface area (Å²) in [5.74, 6) is 0. The van der Waals surface area contributed by atoms with Gasteiger partial charge in [0.1, 0.15) is 22.3 Å². The molecule has 9 aromatic carbocycles. The van der Waals surface area contributed by atoms with Gasteiger partial charge in [-0.3, -0.25) is 0 Å². The van der Waals surface area contributed by atoms with Gasteiger partial charge in [-0.2, -0.15) is 0 Å². The molecule has 2 aliphatic heterocycles. The molecule has 2 aliphatic rings. The molecule has 0 spiro atoms. The summed E-state index contributed by atoms with van der Waals surface area (Å²) in [5.41, 5.74) is 22.9. The molecule has 68 heavy (non-hydrogen) atoms. The summed E-state index contributed by atoms with van der Waals surface area (Å²) in [6, 6.07) is 67.3. The van der Waals surface area contributed by atoms with Crippen molar-refractivity contribution in [1.29, 1.82) is 0 Å². The SMILES string of the molecule is Cc1cc2c3c(c1)N(c1cccc(-c4ccc5c(c4)oc4ccccc45)c1)c1ccc(C(C)(C)C)cc1B3c1cc(C(C)(C)C)ccc1N2c1cccc(-c2ccc3c(c2)oc2ccccc23)c1. The van der Waals surface area contributed by atoms with Crippen LogP contribution in [0.25, 0.3) is 66.1 Å². The molecule has 0 radical (unpaired) electrons. The Labute approximate surface area is 398 Å². The zero-order valence-corrected chi connectivity index (χ0v) is 39.6. The Bertz CT molecular complexity index is 3630. The molecule has 0 N–H and O–H groups in total. The van der Waals surface area contributed by atoms with E-state index in [4.69, 9.17) is 8.83 Å². The van der Waals surface area contributed by atoms with Gasteiger partial charge in [0.2, 0.25) is 0 Å². The van der Waals surface area contributed by atoms with Crippen LogP contribution in [-0.2, 0) is 10.8 Å². The smallest absolute Gasteiger partial charge is 0.252 e. The average Bonchev–Trinajstić information content (AvgIpc) is 3.90. The molecule has 5 heteroatoms. The van der Waals surface area contributed by atoms with Crippen LogP contribution in [0.3, 0.4) is 0 Å². The van der Waals surface area contributed by atoms with E-state index in [2.05, 4.69) is 216 Å². The lowest BCUT2D eigenvalue weighted by atomic mass is 9.33. The van der Waals surface area contributed by atoms with Gasteiger partial charge in [0.25, 0.3) is 6.71 Å². The van der Waals surface area contributed by atoms with Crippen molar-refractivity contribution in [3.63, 3.8) is 0 Å². The molecule has 0 bridgehead atoms. The van der Waals surface area contributed by atoms with Crippen molar-refractivity contribution in [2.24, 2.45) is 0 Å². The Morgan fingerprint density at radius 2 is 0.794 bits per heavy atom. The molecule has 328 valence electrons. The van der Waals surface area contributed by atoms with Crippen molar-refractivity contribution in [2.75, 3.05) is 9.80 Å². The fraction of sp³-hybridized carbons (Fsp3) is 0.143. The van der Waals surface area contributed by atoms with E-state index in [9.17, 15) is 0 Å². The second-order valence-corrected chi connectivity index (χ2v) is 21.1. The maximum absolute atomic E-state index is 6.40. The summed E-state index contributed by atoms with van der Waals surface area (Å²) < 4.78 is 12.8. The molecular weight excluding hydrogens is 828 g/mol. The van der Waals surface area contributed by atoms with Gasteiger partial charge in [0.15, 0.2) is 0 Å². The van der Waals surface area contributed by atoms with Gasteiger partial charge in [-0.1, -0.05) is 139 Å². The Kier molecular flexibility index (Phi) is 8.71. The molecule has 11 aromatic rings. The number of benzene rings is 9. The fourth-order valence-corrected chi connectivity index (χ4v) is 11.1. The van der Waals surface area contributed by atoms with Crippen LogP contribution in [0.5, 0.6) is 0 Å². The number of hydrogen-bond donors (Lipinski definition) is 0. The quantitative estimate of drug-likeness (QED) is 0.165. The normalized spacial score (nSPS) is 13.4. The zero-order valence-electron chi connectivity index (χ0n) is 39.6. The third-order valence-electron chi connectivity index (χ3n) is 14.6. The van der Waals surface area contributed by atoms with Gasteiger partial charge in [0.05, 0.1) is 0 Å². The van der Waals surface area contributed by atoms with Gasteiger partial charge in [0, 0.05) is 55.7 Å². The van der Waals surface area contributed by atoms with Crippen molar-refractivity contribution in [2.45, 2.75) is 59.3 Å². The highest BCUT2D eigenvalue weighted by Gasteiger charge is 2.44. The number of nitrogens with zero attached hydrogens (tertiary/aromatic N) is 2. The number of hydrogen-bond acceptors (Lipinski definition) is 4. The Morgan fingerprint density at radius 3 is 1.25 bits per heavy atom. The lowest BCUT2D eigenvalue weighted by Gasteiger charge is -2.45. The second kappa shape index (κ2) is 14.6. The minimum absolute atomic E-state index is 0.0000458. The van der Waals surface area contributed by atoms with E-state index in [0.717, 1.165) is 77.5 Å². The molecule has 0 unspecified atom stereocenters. The summed E-state index contributed by atoms with van der Waals surface area (Å²) in [4.78, 5) is 5.06. The number of para-hydroxylation sites is 2. The average molecular weight is 879 g/mol. The number of furan rings is 2. The van der Waals surface area contributed by atoms with E-state index in [1.165, 1.54) is 55.8 Å². The minimum atomic E-state index is -0.0475. The van der Waals surface area contributed by atoms with Crippen LogP contribution >= 0.6 is 0 Å². The predicted molar refractivity (Wildman–Crippen MR) is 288 cm³/mol. The van der Waals surface area contributed by atoms with E-state index >= 15 is 0 Å². The Morgan fingerprint density at radius 1 is 0.368 bits per heavy atom. The van der Waals surface area contributed by atoms with Crippen LogP contribution in [0.2, 0.25) is 0 Å². The van der Waals surface area contributed by atoms with Crippen LogP contribution in [0.15, 0.2) is 191 Å². The molecule has 4 nitrogen and oxygen atoms in total. The highest BCUT2D eigenvalue weighted by atomic mass is 16.3. The first-order chi connectivity index (χ1) is 32.9. The molecule has 0 amide bonds. The van der Waals surface area contributed by atoms with Gasteiger partial charge in [-0.25, -0.2) is 0 Å². The van der Waals surface area contributed by atoms with E-state index < -0.39 is 0 Å². The fourth-order valence-electron chi connectivity index (χ4n) is 11.1. The van der Waals surface area contributed by atoms with E-state index in [1.807, 2.05) is 24.3 Å². The molecular formula is C63H51BN2O2. The highest BCUT2D eigenvalue weighted by Crippen LogP contribution is 2.47. The van der Waals surface area contributed by atoms with Crippen LogP contribution in [0.1, 0.15) is 58.2 Å². The number of rotatable bonds is 4. The number of anilines is 6. The maximum atomic E-state index is 6.40. The Balaban J connectivity index is 1.03. The molecule has 0 aliphatic carbocycles. The second-order valence-electron chi connectivity index (χ2n) is 21.1. The third kappa shape index (κ3) is 6.29. The number of fused-ring (bicyclic) bond motifs is 10. The van der Waals surface area contributed by atoms with Crippen molar-refractivity contribution in [3.05, 3.63) is 199 Å². The lowest BCUT2D eigenvalue weighted by Crippen LogP contribution is -2.61. The van der Waals surface area contributed by atoms with Crippen molar-refractivity contribution in [1.82, 2.24) is 0 Å². The molecule has 0 atom stereocenters. The summed E-state index contributed by atoms with van der Waals surface area (Å²) in [6.07, 6.45) is 0. The van der Waals surface area contributed by atoms with Gasteiger partial charge >= 0.3 is 0 Å². The van der Waals surface area contributed by atoms with Crippen molar-refractivity contribution >= 4 is 101 Å². The van der Waals surface area contributed by atoms with Crippen molar-refractivity contribution < 1.29 is 8.83 Å². The monoisotopic (exact) mass is 878 g/mol. The largest absolute Gasteiger partial charge is 0.456 e. The predicted octanol–water partition coefficient (Wildman–Crippen LogP) is 15.8. The lowest BCUT2D eigenvalue weighted by molar-refractivity contribution is 0.590. The first-order valence-corrected chi connectivity index (χ1v) is 23.9. The van der Waals surface area contributed by atoms with Crippen LogP contribution < -0.4 is 26.2 Å². The van der Waals surface area contributed by atoms with Gasteiger partial charge < -0.3 is 18.6 Å². The number of aryl methyl sites for hydroxylation is 1. The highest BCUT2D eigenvalue weighted by molar-refractivity contribution is 7.00. The van der Waals surface area contributed by atoms with Crippen LogP contribution in [0.4, 0.5) is 34.1 Å². The topological polar surface area (TPSA) is 32.8 Å². The molecule has 13 rings (SSSR count). The summed E-state index contributed by atoms with van der Waals surface area (Å²) in [5, 5.41) is 4.55. The van der Waals surface area contributed by atoms with E-state index in [1.54, 1.807) is 0 Å². The van der Waals surface area contributed by atoms with Crippen LogP contribution in [0, 0.1) is 6.92 Å². The standard InChI is InChI=1S/C63H51BN2O2/c1-38-30-55-61-56(31-38)66(46-17-13-15-40(33-46)42-23-27-50-48-19-9-11-21-58(48)68-60(50)35-42)54-29-25-44(63(5,6)7)37-52(54)64(61)51-36-43(62(2,3)4)24-28-53(51)65(55)45-16-12-14-39(32-45)41-22-26-49-47-18-8-10-20-57(47)67-59(49)34-41/h8-37H,1-7H3. The Hall–Kier alpha value is -7.76. The van der Waals surface area contributed by atoms with Gasteiger partial charge in [-0.15, -0.1) is 0 Å². The first-order valence-electron chi connectivity index (χ1n) is 23.9. The molecule has 4 heterocycles. The molecule has 0 saturated carbocycles. The summed E-state index contributed by atoms with van der Waals surface area (Å²) in [6.45, 7) is 16.2. The molecule has 2 aromatic heterocycles. The summed E-state index contributed by atoms with van der Waals surface area (Å²) in [7, 11) is 0. The minimum Gasteiger partial charge on any atom is -0.456 e. The van der Waals surface area contributed by atoms with E-state index in [0.29, 0.717) is 0 Å². The maximum Gasteiger partial charge on any atom is 0.252 e. The third-order valence-corrected chi connectivity index (χ3v) is 14.6. The van der Waals surface area contributed by atoms with E-state index in [-0.39, 0.29) is 17.5 Å². The zero-order chi connectivity index (χ0) is 46.2. The molecule has 0 fully saturated rings. The summed E-state index contributed by atoms with van der Waals surface area (Å²) >= 11 is 0. The first kappa shape index (κ1) is 40.5. The van der Waals surface area contributed by atoms with Crippen molar-refractivity contribution in [3.8, 4) is 22.3 Å². The van der Waals surface area contributed by atoms with Crippen LogP contribution in [-0.4, -0.2) is 6.71 Å². The van der Waals surface area contributed by atoms with Gasteiger partial charge in [-0.05, 0) is 158 Å².